The van der Waals surface area contributed by atoms with Crippen LogP contribution in [0.25, 0.3) is 0 Å². The molecule has 0 unspecified atom stereocenters. The lowest BCUT2D eigenvalue weighted by atomic mass is 10.1. The highest BCUT2D eigenvalue weighted by Crippen LogP contribution is 2.15. The van der Waals surface area contributed by atoms with Crippen molar-refractivity contribution in [3.05, 3.63) is 59.9 Å². The molecular weight excluding hydrogens is 377 g/mol. The first-order chi connectivity index (χ1) is 13.9. The van der Waals surface area contributed by atoms with Crippen molar-refractivity contribution >= 4 is 23.3 Å². The number of carbonyl (C=O) groups excluding carboxylic acids is 3. The van der Waals surface area contributed by atoms with Gasteiger partial charge in [-0.05, 0) is 55.8 Å². The van der Waals surface area contributed by atoms with Crippen molar-refractivity contribution < 1.29 is 28.2 Å². The number of Topliss-reactive ketones (excluding diaryl/α,β-unsaturated/α-hetero) is 1. The maximum absolute atomic E-state index is 13.1. The number of anilines is 1. The predicted molar refractivity (Wildman–Crippen MR) is 106 cm³/mol. The quantitative estimate of drug-likeness (QED) is 0.478. The molecule has 1 atom stereocenters. The van der Waals surface area contributed by atoms with Gasteiger partial charge in [0, 0.05) is 17.7 Å². The molecule has 0 fully saturated rings. The number of esters is 1. The van der Waals surface area contributed by atoms with E-state index in [1.165, 1.54) is 25.1 Å². The topological polar surface area (TPSA) is 81.7 Å². The number of benzene rings is 2. The zero-order valence-corrected chi connectivity index (χ0v) is 16.4. The molecule has 2 rings (SSSR count). The molecule has 1 amide bonds. The third-order valence-electron chi connectivity index (χ3n) is 3.97. The molecule has 0 bridgehead atoms. The lowest BCUT2D eigenvalue weighted by Crippen LogP contribution is -2.30. The number of hydrogen-bond donors (Lipinski definition) is 1. The number of ether oxygens (including phenoxy) is 2. The van der Waals surface area contributed by atoms with Gasteiger partial charge in [-0.2, -0.15) is 0 Å². The first-order valence-corrected chi connectivity index (χ1v) is 9.41. The minimum absolute atomic E-state index is 0.0355. The second-order valence-electron chi connectivity index (χ2n) is 6.43. The maximum Gasteiger partial charge on any atom is 0.307 e. The fraction of sp³-hybridized carbons (Fsp3) is 0.318. The van der Waals surface area contributed by atoms with E-state index in [2.05, 4.69) is 5.32 Å². The largest absolute Gasteiger partial charge is 0.494 e. The number of rotatable bonds is 10. The van der Waals surface area contributed by atoms with Crippen LogP contribution in [0.2, 0.25) is 0 Å². The van der Waals surface area contributed by atoms with E-state index in [9.17, 15) is 18.8 Å². The van der Waals surface area contributed by atoms with Crippen LogP contribution >= 0.6 is 0 Å². The molecule has 2 aromatic carbocycles. The van der Waals surface area contributed by atoms with Crippen molar-refractivity contribution in [3.63, 3.8) is 0 Å². The second kappa shape index (κ2) is 10.9. The Hall–Kier alpha value is -3.22. The van der Waals surface area contributed by atoms with Gasteiger partial charge < -0.3 is 14.8 Å². The van der Waals surface area contributed by atoms with E-state index in [4.69, 9.17) is 9.47 Å². The Balaban J connectivity index is 1.77. The van der Waals surface area contributed by atoms with E-state index in [0.29, 0.717) is 17.9 Å². The Labute approximate surface area is 169 Å². The smallest absolute Gasteiger partial charge is 0.307 e. The molecule has 0 aromatic heterocycles. The van der Waals surface area contributed by atoms with Crippen LogP contribution in [-0.4, -0.2) is 30.4 Å². The minimum atomic E-state index is -1.07. The number of halogens is 1. The van der Waals surface area contributed by atoms with Gasteiger partial charge in [0.15, 0.2) is 11.9 Å². The average molecular weight is 401 g/mol. The molecule has 0 saturated carbocycles. The van der Waals surface area contributed by atoms with Crippen molar-refractivity contribution in [3.8, 4) is 5.75 Å². The summed E-state index contributed by atoms with van der Waals surface area (Å²) >= 11 is 0. The Bertz CT molecular complexity index is 851. The lowest BCUT2D eigenvalue weighted by Gasteiger charge is -2.13. The van der Waals surface area contributed by atoms with Gasteiger partial charge in [0.05, 0.1) is 13.0 Å². The SMILES string of the molecule is CCCOc1ccc(C(=O)CCC(=O)O[C@H](C)C(=O)Nc2cccc(F)c2)cc1. The van der Waals surface area contributed by atoms with Gasteiger partial charge in [0.1, 0.15) is 11.6 Å². The van der Waals surface area contributed by atoms with E-state index >= 15 is 0 Å². The van der Waals surface area contributed by atoms with Crippen molar-refractivity contribution in [1.29, 1.82) is 0 Å². The van der Waals surface area contributed by atoms with Gasteiger partial charge in [-0.3, -0.25) is 14.4 Å². The fourth-order valence-corrected chi connectivity index (χ4v) is 2.44. The van der Waals surface area contributed by atoms with Gasteiger partial charge >= 0.3 is 5.97 Å². The van der Waals surface area contributed by atoms with Crippen LogP contribution in [-0.2, 0) is 14.3 Å². The van der Waals surface area contributed by atoms with Gasteiger partial charge in [-0.1, -0.05) is 13.0 Å². The van der Waals surface area contributed by atoms with Crippen LogP contribution in [0.15, 0.2) is 48.5 Å². The number of carbonyl (C=O) groups is 3. The van der Waals surface area contributed by atoms with Crippen molar-refractivity contribution in [2.75, 3.05) is 11.9 Å². The molecule has 0 saturated heterocycles. The molecule has 0 aliphatic heterocycles. The molecule has 154 valence electrons. The summed E-state index contributed by atoms with van der Waals surface area (Å²) in [7, 11) is 0. The Morgan fingerprint density at radius 3 is 2.45 bits per heavy atom. The summed E-state index contributed by atoms with van der Waals surface area (Å²) in [4.78, 5) is 36.2. The molecule has 0 aliphatic rings. The van der Waals surface area contributed by atoms with E-state index in [1.54, 1.807) is 24.3 Å². The predicted octanol–water partition coefficient (Wildman–Crippen LogP) is 4.15. The third-order valence-corrected chi connectivity index (χ3v) is 3.97. The standard InChI is InChI=1S/C22H24FNO5/c1-3-13-28-19-9-7-16(8-10-19)20(25)11-12-21(26)29-15(2)22(27)24-18-6-4-5-17(23)14-18/h4-10,14-15H,3,11-13H2,1-2H3,(H,24,27)/t15-/m1/s1. The van der Waals surface area contributed by atoms with Crippen LogP contribution in [0, 0.1) is 5.82 Å². The highest BCUT2D eigenvalue weighted by Gasteiger charge is 2.19. The normalized spacial score (nSPS) is 11.4. The van der Waals surface area contributed by atoms with Gasteiger partial charge in [0.25, 0.3) is 5.91 Å². The van der Waals surface area contributed by atoms with Crippen LogP contribution in [0.3, 0.4) is 0 Å². The number of hydrogen-bond acceptors (Lipinski definition) is 5. The second-order valence-corrected chi connectivity index (χ2v) is 6.43. The summed E-state index contributed by atoms with van der Waals surface area (Å²) in [5, 5.41) is 2.46. The molecule has 7 heteroatoms. The Kier molecular flexibility index (Phi) is 8.33. The summed E-state index contributed by atoms with van der Waals surface area (Å²) in [5.41, 5.74) is 0.734. The Morgan fingerprint density at radius 1 is 1.07 bits per heavy atom. The van der Waals surface area contributed by atoms with Crippen LogP contribution < -0.4 is 10.1 Å². The van der Waals surface area contributed by atoms with Crippen LogP contribution in [0.4, 0.5) is 10.1 Å². The zero-order valence-electron chi connectivity index (χ0n) is 16.4. The summed E-state index contributed by atoms with van der Waals surface area (Å²) in [6, 6.07) is 12.1. The van der Waals surface area contributed by atoms with E-state index < -0.39 is 23.8 Å². The van der Waals surface area contributed by atoms with Crippen molar-refractivity contribution in [2.45, 2.75) is 39.2 Å². The van der Waals surface area contributed by atoms with E-state index in [-0.39, 0.29) is 24.3 Å². The summed E-state index contributed by atoms with van der Waals surface area (Å²) < 4.78 is 23.7. The molecule has 29 heavy (non-hydrogen) atoms. The van der Waals surface area contributed by atoms with Gasteiger partial charge in [-0.15, -0.1) is 0 Å². The fourth-order valence-electron chi connectivity index (χ4n) is 2.44. The molecule has 0 spiro atoms. The van der Waals surface area contributed by atoms with Crippen LogP contribution in [0.5, 0.6) is 5.75 Å². The molecular formula is C22H24FNO5. The Morgan fingerprint density at radius 2 is 1.79 bits per heavy atom. The molecule has 0 aliphatic carbocycles. The number of amides is 1. The minimum Gasteiger partial charge on any atom is -0.494 e. The maximum atomic E-state index is 13.1. The van der Waals surface area contributed by atoms with Crippen LogP contribution in [0.1, 0.15) is 43.5 Å². The van der Waals surface area contributed by atoms with Gasteiger partial charge in [-0.25, -0.2) is 4.39 Å². The summed E-state index contributed by atoms with van der Waals surface area (Å²) in [6.07, 6.45) is -0.367. The third kappa shape index (κ3) is 7.37. The molecule has 1 N–H and O–H groups in total. The van der Waals surface area contributed by atoms with Crippen molar-refractivity contribution in [2.24, 2.45) is 0 Å². The number of nitrogens with one attached hydrogen (secondary N) is 1. The van der Waals surface area contributed by atoms with E-state index in [0.717, 1.165) is 12.5 Å². The highest BCUT2D eigenvalue weighted by atomic mass is 19.1. The summed E-state index contributed by atoms with van der Waals surface area (Å²) in [6.45, 7) is 4.01. The molecule has 0 radical (unpaired) electrons. The first kappa shape index (κ1) is 22.1. The summed E-state index contributed by atoms with van der Waals surface area (Å²) in [5.74, 6) is -1.26. The zero-order chi connectivity index (χ0) is 21.2. The monoisotopic (exact) mass is 401 g/mol. The lowest BCUT2D eigenvalue weighted by molar-refractivity contribution is -0.153. The number of ketones is 1. The van der Waals surface area contributed by atoms with Crippen molar-refractivity contribution in [1.82, 2.24) is 0 Å². The average Bonchev–Trinajstić information content (AvgIpc) is 2.70. The van der Waals surface area contributed by atoms with Gasteiger partial charge in [0.2, 0.25) is 0 Å². The molecule has 0 heterocycles. The first-order valence-electron chi connectivity index (χ1n) is 9.41. The molecule has 6 nitrogen and oxygen atoms in total. The molecule has 2 aromatic rings. The van der Waals surface area contributed by atoms with E-state index in [1.807, 2.05) is 6.92 Å². The highest BCUT2D eigenvalue weighted by molar-refractivity contribution is 5.98.